The molecule has 0 aliphatic carbocycles. The zero-order valence-electron chi connectivity index (χ0n) is 24.1. The van der Waals surface area contributed by atoms with E-state index < -0.39 is 29.5 Å². The first-order chi connectivity index (χ1) is 21.7. The standard InChI is InChI=1S/C29H23F6N9O2/c1-42-15-37-12-23(42)27(45,17-5-6-38-22(10-17)28(30,31)32)16-3-4-21-18(9-16)19(11-36)20(25(39-21)46-2)13-43-7-8-44-24(14-43)40-26(41-44)29(33,34)35/h3-6,9-10,12,15,45H,7-8,13-14H2,1-2H3. The van der Waals surface area contributed by atoms with E-state index >= 15 is 0 Å². The molecule has 1 aromatic carbocycles. The van der Waals surface area contributed by atoms with Gasteiger partial charge in [0.15, 0.2) is 5.60 Å². The number of pyridine rings is 2. The van der Waals surface area contributed by atoms with Gasteiger partial charge in [0.1, 0.15) is 17.6 Å². The highest BCUT2D eigenvalue weighted by molar-refractivity contribution is 5.88. The van der Waals surface area contributed by atoms with Gasteiger partial charge in [-0.25, -0.2) is 19.6 Å². The molecule has 1 atom stereocenters. The molecule has 0 radical (unpaired) electrons. The van der Waals surface area contributed by atoms with Crippen molar-refractivity contribution in [2.24, 2.45) is 7.05 Å². The minimum atomic E-state index is -4.79. The first-order valence-electron chi connectivity index (χ1n) is 13.6. The first kappa shape index (κ1) is 30.9. The summed E-state index contributed by atoms with van der Waals surface area (Å²) in [5.74, 6) is -1.04. The highest BCUT2D eigenvalue weighted by atomic mass is 19.4. The molecule has 0 saturated heterocycles. The van der Waals surface area contributed by atoms with Crippen LogP contribution in [0.4, 0.5) is 26.3 Å². The summed E-state index contributed by atoms with van der Waals surface area (Å²) in [6.07, 6.45) is -5.83. The minimum absolute atomic E-state index is 0.000990. The summed E-state index contributed by atoms with van der Waals surface area (Å²) < 4.78 is 88.7. The van der Waals surface area contributed by atoms with Crippen molar-refractivity contribution in [3.63, 3.8) is 0 Å². The van der Waals surface area contributed by atoms with Gasteiger partial charge in [0.05, 0.1) is 49.5 Å². The number of fused-ring (bicyclic) bond motifs is 2. The third-order valence-electron chi connectivity index (χ3n) is 7.80. The molecule has 1 N–H and O–H groups in total. The molecule has 238 valence electrons. The highest BCUT2D eigenvalue weighted by Crippen LogP contribution is 2.41. The molecule has 1 unspecified atom stereocenters. The number of benzene rings is 1. The molecule has 17 heteroatoms. The molecule has 5 aromatic rings. The van der Waals surface area contributed by atoms with Crippen molar-refractivity contribution in [3.8, 4) is 11.9 Å². The molecule has 11 nitrogen and oxygen atoms in total. The van der Waals surface area contributed by atoms with Crippen molar-refractivity contribution in [2.45, 2.75) is 37.6 Å². The smallest absolute Gasteiger partial charge is 0.453 e. The predicted molar refractivity (Wildman–Crippen MR) is 147 cm³/mol. The zero-order valence-corrected chi connectivity index (χ0v) is 24.1. The molecule has 1 aliphatic rings. The number of ether oxygens (including phenoxy) is 1. The number of hydrogen-bond acceptors (Lipinski definition) is 9. The third-order valence-corrected chi connectivity index (χ3v) is 7.80. The molecule has 5 heterocycles. The van der Waals surface area contributed by atoms with Gasteiger partial charge in [0.2, 0.25) is 5.88 Å². The Morgan fingerprint density at radius 1 is 1.02 bits per heavy atom. The number of aliphatic hydroxyl groups is 1. The Morgan fingerprint density at radius 3 is 2.43 bits per heavy atom. The molecular formula is C29H23F6N9O2. The fourth-order valence-electron chi connectivity index (χ4n) is 5.59. The van der Waals surface area contributed by atoms with Gasteiger partial charge in [0, 0.05) is 37.3 Å². The fourth-order valence-corrected chi connectivity index (χ4v) is 5.59. The highest BCUT2D eigenvalue weighted by Gasteiger charge is 2.41. The number of aryl methyl sites for hydroxylation is 1. The molecule has 0 fully saturated rings. The summed E-state index contributed by atoms with van der Waals surface area (Å²) in [6.45, 7) is 0.443. The average molecular weight is 644 g/mol. The second-order valence-corrected chi connectivity index (χ2v) is 10.6. The van der Waals surface area contributed by atoms with Crippen molar-refractivity contribution in [3.05, 3.63) is 94.3 Å². The molecule has 6 rings (SSSR count). The van der Waals surface area contributed by atoms with E-state index in [4.69, 9.17) is 4.74 Å². The summed E-state index contributed by atoms with van der Waals surface area (Å²) in [4.78, 5) is 17.4. The molecule has 0 saturated carbocycles. The van der Waals surface area contributed by atoms with Crippen molar-refractivity contribution in [1.29, 1.82) is 5.26 Å². The van der Waals surface area contributed by atoms with E-state index in [-0.39, 0.29) is 65.7 Å². The van der Waals surface area contributed by atoms with Crippen LogP contribution in [0.1, 0.15) is 45.3 Å². The molecule has 46 heavy (non-hydrogen) atoms. The topological polar surface area (TPSA) is 131 Å². The number of nitrogens with zero attached hydrogens (tertiary/aromatic N) is 9. The van der Waals surface area contributed by atoms with Crippen molar-refractivity contribution in [1.82, 2.24) is 39.2 Å². The van der Waals surface area contributed by atoms with Crippen molar-refractivity contribution >= 4 is 10.9 Å². The maximum atomic E-state index is 13.7. The Hall–Kier alpha value is -5.08. The number of imidazole rings is 1. The second kappa shape index (κ2) is 11.1. The van der Waals surface area contributed by atoms with Crippen molar-refractivity contribution in [2.75, 3.05) is 13.7 Å². The lowest BCUT2D eigenvalue weighted by molar-refractivity contribution is -0.145. The Kier molecular flexibility index (Phi) is 7.44. The van der Waals surface area contributed by atoms with Gasteiger partial charge in [-0.3, -0.25) is 9.88 Å². The minimum Gasteiger partial charge on any atom is -0.481 e. The van der Waals surface area contributed by atoms with Gasteiger partial charge in [-0.2, -0.15) is 31.6 Å². The van der Waals surface area contributed by atoms with Crippen LogP contribution in [0.3, 0.4) is 0 Å². The summed E-state index contributed by atoms with van der Waals surface area (Å²) in [5.41, 5.74) is -2.55. The first-order valence-corrected chi connectivity index (χ1v) is 13.6. The largest absolute Gasteiger partial charge is 0.481 e. The Labute approximate surface area is 256 Å². The lowest BCUT2D eigenvalue weighted by atomic mass is 9.82. The number of rotatable bonds is 6. The number of hydrogen-bond donors (Lipinski definition) is 1. The zero-order chi connectivity index (χ0) is 33.0. The van der Waals surface area contributed by atoms with E-state index in [0.29, 0.717) is 11.1 Å². The SMILES string of the molecule is COc1nc2ccc(C(O)(c3ccnc(C(F)(F)F)c3)c3cncn3C)cc2c(C#N)c1CN1CCn2nc(C(F)(F)F)nc2C1. The van der Waals surface area contributed by atoms with Gasteiger partial charge in [-0.1, -0.05) is 6.07 Å². The van der Waals surface area contributed by atoms with Crippen LogP contribution in [0.15, 0.2) is 49.1 Å². The Balaban J connectivity index is 1.47. The van der Waals surface area contributed by atoms with E-state index in [1.807, 2.05) is 0 Å². The molecule has 0 amide bonds. The van der Waals surface area contributed by atoms with Crippen LogP contribution in [0.5, 0.6) is 5.88 Å². The maximum absolute atomic E-state index is 13.7. The van der Waals surface area contributed by atoms with Crippen LogP contribution in [-0.4, -0.2) is 57.9 Å². The van der Waals surface area contributed by atoms with Crippen LogP contribution in [0.25, 0.3) is 10.9 Å². The van der Waals surface area contributed by atoms with E-state index in [9.17, 15) is 36.7 Å². The lowest BCUT2D eigenvalue weighted by Gasteiger charge is -2.30. The Bertz CT molecular complexity index is 2000. The summed E-state index contributed by atoms with van der Waals surface area (Å²) >= 11 is 0. The normalized spacial score (nSPS) is 15.4. The van der Waals surface area contributed by atoms with Crippen molar-refractivity contribution < 1.29 is 36.2 Å². The summed E-state index contributed by atoms with van der Waals surface area (Å²) in [6, 6.07) is 8.61. The van der Waals surface area contributed by atoms with Gasteiger partial charge in [-0.05, 0) is 35.4 Å². The number of nitriles is 1. The molecule has 0 spiro atoms. The van der Waals surface area contributed by atoms with E-state index in [1.54, 1.807) is 11.9 Å². The van der Waals surface area contributed by atoms with Crippen LogP contribution >= 0.6 is 0 Å². The molecule has 0 bridgehead atoms. The molecular weight excluding hydrogens is 620 g/mol. The van der Waals surface area contributed by atoms with Gasteiger partial charge >= 0.3 is 12.4 Å². The third kappa shape index (κ3) is 5.28. The Morgan fingerprint density at radius 2 is 1.78 bits per heavy atom. The number of aromatic nitrogens is 7. The molecule has 4 aromatic heterocycles. The van der Waals surface area contributed by atoms with Crippen LogP contribution in [0.2, 0.25) is 0 Å². The predicted octanol–water partition coefficient (Wildman–Crippen LogP) is 4.17. The quantitative estimate of drug-likeness (QED) is 0.271. The van der Waals surface area contributed by atoms with Gasteiger partial charge < -0.3 is 14.4 Å². The summed E-state index contributed by atoms with van der Waals surface area (Å²) in [5, 5.41) is 26.5. The van der Waals surface area contributed by atoms with Crippen LogP contribution in [-0.2, 0) is 44.6 Å². The monoisotopic (exact) mass is 643 g/mol. The van der Waals surface area contributed by atoms with Gasteiger partial charge in [-0.15, -0.1) is 5.10 Å². The number of methoxy groups -OCH3 is 1. The van der Waals surface area contributed by atoms with E-state index in [2.05, 4.69) is 31.1 Å². The number of halogens is 6. The van der Waals surface area contributed by atoms with E-state index in [0.717, 1.165) is 12.3 Å². The molecule has 1 aliphatic heterocycles. The van der Waals surface area contributed by atoms with Crippen LogP contribution in [0, 0.1) is 11.3 Å². The van der Waals surface area contributed by atoms with E-state index in [1.165, 1.54) is 53.1 Å². The second-order valence-electron chi connectivity index (χ2n) is 10.6. The van der Waals surface area contributed by atoms with Crippen LogP contribution < -0.4 is 4.74 Å². The fraction of sp³-hybridized carbons (Fsp3) is 0.310. The number of alkyl halides is 6. The lowest BCUT2D eigenvalue weighted by Crippen LogP contribution is -2.34. The average Bonchev–Trinajstić information content (AvgIpc) is 3.66. The van der Waals surface area contributed by atoms with Gasteiger partial charge in [0.25, 0.3) is 5.82 Å². The summed E-state index contributed by atoms with van der Waals surface area (Å²) in [7, 11) is 2.93. The maximum Gasteiger partial charge on any atom is 0.453 e.